The summed E-state index contributed by atoms with van der Waals surface area (Å²) >= 11 is 0. The summed E-state index contributed by atoms with van der Waals surface area (Å²) < 4.78 is 10.5. The zero-order chi connectivity index (χ0) is 13.6. The molecule has 0 saturated carbocycles. The van der Waals surface area contributed by atoms with E-state index in [1.807, 2.05) is 12.5 Å². The summed E-state index contributed by atoms with van der Waals surface area (Å²) in [5, 5.41) is 0. The molecule has 0 amide bonds. The van der Waals surface area contributed by atoms with Crippen molar-refractivity contribution in [2.75, 3.05) is 19.6 Å². The Kier molecular flexibility index (Phi) is 4.76. The van der Waals surface area contributed by atoms with Crippen LogP contribution in [0.5, 0.6) is 0 Å². The predicted molar refractivity (Wildman–Crippen MR) is 82.9 cm³/mol. The quantitative estimate of drug-likeness (QED) is 0.579. The first kappa shape index (κ1) is 13.7. The molecule has 1 aliphatic rings. The molecule has 0 atom stereocenters. The summed E-state index contributed by atoms with van der Waals surface area (Å²) in [7, 11) is -0.197. The third-order valence-corrected chi connectivity index (χ3v) is 6.74. The lowest BCUT2D eigenvalue weighted by atomic mass is 10.1. The number of likely N-dealkylation sites (tertiary alicyclic amines) is 1. The molecule has 1 aliphatic heterocycles. The molecule has 0 N–H and O–H groups in total. The van der Waals surface area contributed by atoms with Crippen molar-refractivity contribution in [1.29, 1.82) is 0 Å². The van der Waals surface area contributed by atoms with Gasteiger partial charge < -0.3 is 13.7 Å². The fraction of sp³-hybridized carbons (Fsp3) is 0.500. The monoisotopic (exact) mass is 289 g/mol. The Bertz CT molecular complexity index is 440. The highest BCUT2D eigenvalue weighted by molar-refractivity contribution is 6.39. The van der Waals surface area contributed by atoms with Gasteiger partial charge in [0.05, 0.1) is 25.1 Å². The van der Waals surface area contributed by atoms with Crippen molar-refractivity contribution in [3.05, 3.63) is 48.3 Å². The lowest BCUT2D eigenvalue weighted by Gasteiger charge is -2.16. The maximum absolute atomic E-state index is 5.26. The Morgan fingerprint density at radius 3 is 2.25 bits per heavy atom. The maximum Gasteiger partial charge on any atom is 0.0937 e. The summed E-state index contributed by atoms with van der Waals surface area (Å²) in [6.45, 7) is 3.92. The van der Waals surface area contributed by atoms with E-state index in [9.17, 15) is 0 Å². The lowest BCUT2D eigenvalue weighted by Crippen LogP contribution is -2.21. The largest absolute Gasteiger partial charge is 0.472 e. The molecule has 1 saturated heterocycles. The van der Waals surface area contributed by atoms with Crippen molar-refractivity contribution in [3.8, 4) is 0 Å². The van der Waals surface area contributed by atoms with Gasteiger partial charge in [-0.15, -0.1) is 0 Å². The Labute approximate surface area is 122 Å². The second-order valence-electron chi connectivity index (χ2n) is 5.71. The molecule has 3 heterocycles. The van der Waals surface area contributed by atoms with Crippen LogP contribution in [0.2, 0.25) is 6.04 Å². The number of hydrogen-bond acceptors (Lipinski definition) is 3. The molecule has 108 valence electrons. The maximum atomic E-state index is 5.26. The zero-order valence-corrected chi connectivity index (χ0v) is 13.4. The molecular formula is C16H23NO2Si. The summed E-state index contributed by atoms with van der Waals surface area (Å²) in [5.74, 6) is 0. The third-order valence-electron chi connectivity index (χ3n) is 4.31. The molecule has 3 nitrogen and oxygen atoms in total. The van der Waals surface area contributed by atoms with E-state index in [2.05, 4.69) is 17.0 Å². The highest BCUT2D eigenvalue weighted by Crippen LogP contribution is 2.25. The molecule has 1 fully saturated rings. The Hall–Kier alpha value is -1.26. The van der Waals surface area contributed by atoms with Gasteiger partial charge in [-0.2, -0.15) is 0 Å². The number of rotatable bonds is 7. The summed E-state index contributed by atoms with van der Waals surface area (Å²) in [4.78, 5) is 2.61. The van der Waals surface area contributed by atoms with Gasteiger partial charge in [-0.1, -0.05) is 6.04 Å². The minimum atomic E-state index is -0.197. The normalized spacial score (nSPS) is 16.9. The van der Waals surface area contributed by atoms with Crippen LogP contribution in [0.3, 0.4) is 0 Å². The smallest absolute Gasteiger partial charge is 0.0937 e. The van der Waals surface area contributed by atoms with E-state index in [0.717, 1.165) is 0 Å². The van der Waals surface area contributed by atoms with E-state index in [4.69, 9.17) is 8.83 Å². The van der Waals surface area contributed by atoms with Gasteiger partial charge in [0.15, 0.2) is 0 Å². The minimum absolute atomic E-state index is 0.197. The first-order valence-electron chi connectivity index (χ1n) is 7.70. The van der Waals surface area contributed by atoms with Gasteiger partial charge in [-0.05, 0) is 62.2 Å². The Morgan fingerprint density at radius 2 is 1.70 bits per heavy atom. The first-order chi connectivity index (χ1) is 9.93. The molecule has 0 aromatic carbocycles. The number of furan rings is 2. The van der Waals surface area contributed by atoms with E-state index in [0.29, 0.717) is 5.54 Å². The van der Waals surface area contributed by atoms with Gasteiger partial charge in [0.2, 0.25) is 0 Å². The second-order valence-corrected chi connectivity index (χ2v) is 7.81. The molecule has 20 heavy (non-hydrogen) atoms. The minimum Gasteiger partial charge on any atom is -0.472 e. The topological polar surface area (TPSA) is 29.5 Å². The summed E-state index contributed by atoms with van der Waals surface area (Å²) in [6, 6.07) is 5.59. The van der Waals surface area contributed by atoms with Gasteiger partial charge in [-0.3, -0.25) is 0 Å². The molecule has 0 aliphatic carbocycles. The van der Waals surface area contributed by atoms with E-state index in [-0.39, 0.29) is 9.52 Å². The van der Waals surface area contributed by atoms with Crippen LogP contribution in [0.25, 0.3) is 0 Å². The van der Waals surface area contributed by atoms with Crippen molar-refractivity contribution in [1.82, 2.24) is 4.90 Å². The van der Waals surface area contributed by atoms with Crippen molar-refractivity contribution in [2.45, 2.75) is 30.8 Å². The van der Waals surface area contributed by atoms with Crippen LogP contribution in [0.15, 0.2) is 46.0 Å². The molecule has 2 aromatic heterocycles. The van der Waals surface area contributed by atoms with Crippen LogP contribution < -0.4 is 0 Å². The number of hydrogen-bond donors (Lipinski definition) is 0. The third kappa shape index (κ3) is 3.44. The van der Waals surface area contributed by atoms with Crippen LogP contribution in [0.4, 0.5) is 0 Å². The molecule has 0 bridgehead atoms. The molecule has 0 radical (unpaired) electrons. The fourth-order valence-electron chi connectivity index (χ4n) is 3.16. The highest BCUT2D eigenvalue weighted by Gasteiger charge is 2.17. The molecule has 4 heteroatoms. The summed E-state index contributed by atoms with van der Waals surface area (Å²) in [6.07, 6.45) is 11.5. The van der Waals surface area contributed by atoms with Crippen molar-refractivity contribution in [3.63, 3.8) is 0 Å². The SMILES string of the molecule is c1cc(C([SiH2]CCCN2CCCC2)c2ccoc2)co1. The lowest BCUT2D eigenvalue weighted by molar-refractivity contribution is 0.339. The molecule has 3 rings (SSSR count). The molecule has 2 aromatic rings. The van der Waals surface area contributed by atoms with E-state index in [1.165, 1.54) is 56.1 Å². The molecule has 0 unspecified atom stereocenters. The highest BCUT2D eigenvalue weighted by atomic mass is 28.2. The van der Waals surface area contributed by atoms with Crippen LogP contribution in [0, 0.1) is 0 Å². The van der Waals surface area contributed by atoms with Crippen LogP contribution in [-0.4, -0.2) is 34.1 Å². The predicted octanol–water partition coefficient (Wildman–Crippen LogP) is 3.04. The van der Waals surface area contributed by atoms with Crippen molar-refractivity contribution in [2.24, 2.45) is 0 Å². The van der Waals surface area contributed by atoms with Crippen LogP contribution >= 0.6 is 0 Å². The van der Waals surface area contributed by atoms with E-state index in [1.54, 1.807) is 12.5 Å². The average Bonchev–Trinajstić information content (AvgIpc) is 3.22. The molecular weight excluding hydrogens is 266 g/mol. The van der Waals surface area contributed by atoms with Gasteiger partial charge in [0.1, 0.15) is 0 Å². The van der Waals surface area contributed by atoms with Crippen molar-refractivity contribution < 1.29 is 8.83 Å². The number of nitrogens with zero attached hydrogens (tertiary/aromatic N) is 1. The van der Waals surface area contributed by atoms with Gasteiger partial charge >= 0.3 is 0 Å². The summed E-state index contributed by atoms with van der Waals surface area (Å²) in [5.41, 5.74) is 3.18. The zero-order valence-electron chi connectivity index (χ0n) is 12.0. The average molecular weight is 289 g/mol. The van der Waals surface area contributed by atoms with Crippen LogP contribution in [-0.2, 0) is 0 Å². The fourth-order valence-corrected chi connectivity index (χ4v) is 5.21. The van der Waals surface area contributed by atoms with E-state index >= 15 is 0 Å². The molecule has 0 spiro atoms. The van der Waals surface area contributed by atoms with Crippen molar-refractivity contribution >= 4 is 9.52 Å². The Morgan fingerprint density at radius 1 is 1.05 bits per heavy atom. The van der Waals surface area contributed by atoms with Crippen LogP contribution in [0.1, 0.15) is 35.9 Å². The van der Waals surface area contributed by atoms with Gasteiger partial charge in [0.25, 0.3) is 0 Å². The van der Waals surface area contributed by atoms with Gasteiger partial charge in [-0.25, -0.2) is 0 Å². The first-order valence-corrected chi connectivity index (χ1v) is 9.51. The standard InChI is InChI=1S/C16H23NO2Si/c1-2-7-17(6-1)8-3-11-20-16(14-4-9-18-12-14)15-5-10-19-13-15/h4-5,9-10,12-13,16H,1-3,6-8,11,20H2. The Balaban J connectivity index is 1.51. The van der Waals surface area contributed by atoms with Gasteiger partial charge in [0, 0.05) is 15.1 Å². The second kappa shape index (κ2) is 6.95. The van der Waals surface area contributed by atoms with E-state index < -0.39 is 0 Å².